The van der Waals surface area contributed by atoms with E-state index in [1.54, 1.807) is 19.5 Å². The Balaban J connectivity index is 2.75. The summed E-state index contributed by atoms with van der Waals surface area (Å²) in [6, 6.07) is 6.34. The van der Waals surface area contributed by atoms with Crippen molar-refractivity contribution in [2.45, 2.75) is 52.4 Å². The Morgan fingerprint density at radius 3 is 2.73 bits per heavy atom. The lowest BCUT2D eigenvalue weighted by Crippen LogP contribution is -1.93. The first-order valence-electron chi connectivity index (χ1n) is 8.16. The molecule has 0 aromatic heterocycles. The van der Waals surface area contributed by atoms with Crippen molar-refractivity contribution in [1.82, 2.24) is 0 Å². The molecule has 2 N–H and O–H groups in total. The van der Waals surface area contributed by atoms with Crippen LogP contribution in [0.3, 0.4) is 0 Å². The molecule has 1 rings (SSSR count). The van der Waals surface area contributed by atoms with Gasteiger partial charge >= 0.3 is 0 Å². The fraction of sp³-hybridized carbons (Fsp3) is 0.474. The van der Waals surface area contributed by atoms with Gasteiger partial charge in [-0.2, -0.15) is 0 Å². The van der Waals surface area contributed by atoms with Crippen molar-refractivity contribution in [2.24, 2.45) is 15.7 Å². The summed E-state index contributed by atoms with van der Waals surface area (Å²) in [4.78, 5) is 8.64. The van der Waals surface area contributed by atoms with Gasteiger partial charge in [-0.1, -0.05) is 38.3 Å². The normalized spacial score (nSPS) is 12.6. The highest BCUT2D eigenvalue weighted by Crippen LogP contribution is 2.24. The van der Waals surface area contributed by atoms with E-state index in [0.717, 1.165) is 17.7 Å². The van der Waals surface area contributed by atoms with Gasteiger partial charge in [-0.3, -0.25) is 9.98 Å². The van der Waals surface area contributed by atoms with Crippen LogP contribution in [0.1, 0.15) is 50.2 Å². The maximum Gasteiger partial charge on any atom is 0.0660 e. The predicted octanol–water partition coefficient (Wildman–Crippen LogP) is 4.75. The number of hydrogen-bond acceptors (Lipinski definition) is 3. The summed E-state index contributed by atoms with van der Waals surface area (Å²) in [5, 5.41) is 0. The number of nitrogens with zero attached hydrogens (tertiary/aromatic N) is 2. The third-order valence-corrected chi connectivity index (χ3v) is 3.73. The number of aryl methyl sites for hydroxylation is 1. The van der Waals surface area contributed by atoms with Crippen LogP contribution in [0.25, 0.3) is 0 Å². The average Bonchev–Trinajstić information content (AvgIpc) is 2.52. The van der Waals surface area contributed by atoms with Gasteiger partial charge in [-0.05, 0) is 48.7 Å². The molecule has 120 valence electrons. The zero-order valence-electron chi connectivity index (χ0n) is 14.2. The molecule has 0 radical (unpaired) electrons. The molecule has 0 fully saturated rings. The lowest BCUT2D eigenvalue weighted by molar-refractivity contribution is 0.666. The molecule has 0 amide bonds. The first-order valence-corrected chi connectivity index (χ1v) is 8.16. The van der Waals surface area contributed by atoms with Crippen molar-refractivity contribution < 1.29 is 0 Å². The van der Waals surface area contributed by atoms with Crippen LogP contribution in [0.2, 0.25) is 0 Å². The van der Waals surface area contributed by atoms with Gasteiger partial charge in [0.05, 0.1) is 5.69 Å². The minimum Gasteiger partial charge on any atom is -0.404 e. The molecule has 0 saturated carbocycles. The van der Waals surface area contributed by atoms with Crippen LogP contribution in [0, 0.1) is 6.92 Å². The lowest BCUT2D eigenvalue weighted by Gasteiger charge is -2.09. The lowest BCUT2D eigenvalue weighted by atomic mass is 10.00. The number of rotatable bonds is 9. The summed E-state index contributed by atoms with van der Waals surface area (Å²) in [5.74, 6) is 0. The highest BCUT2D eigenvalue weighted by atomic mass is 14.7. The molecule has 1 aromatic rings. The van der Waals surface area contributed by atoms with E-state index in [2.05, 4.69) is 42.0 Å². The molecule has 0 spiro atoms. The van der Waals surface area contributed by atoms with E-state index in [4.69, 9.17) is 5.73 Å². The maximum absolute atomic E-state index is 5.57. The molecule has 3 nitrogen and oxygen atoms in total. The van der Waals surface area contributed by atoms with Gasteiger partial charge in [0.15, 0.2) is 0 Å². The van der Waals surface area contributed by atoms with E-state index in [-0.39, 0.29) is 0 Å². The SMILES string of the molecule is CCCCCCc1c(C)cccc1N=CCC(C=NC)=CN. The molecular weight excluding hydrogens is 270 g/mol. The molecule has 0 aliphatic rings. The molecule has 0 saturated heterocycles. The van der Waals surface area contributed by atoms with E-state index >= 15 is 0 Å². The molecule has 0 unspecified atom stereocenters. The maximum atomic E-state index is 5.57. The summed E-state index contributed by atoms with van der Waals surface area (Å²) in [7, 11) is 1.75. The molecule has 0 aliphatic carbocycles. The topological polar surface area (TPSA) is 50.7 Å². The average molecular weight is 299 g/mol. The number of nitrogens with two attached hydrogens (primary N) is 1. The Labute approximate surface area is 135 Å². The van der Waals surface area contributed by atoms with Gasteiger partial charge in [0.1, 0.15) is 0 Å². The Morgan fingerprint density at radius 1 is 1.23 bits per heavy atom. The van der Waals surface area contributed by atoms with Crippen molar-refractivity contribution in [1.29, 1.82) is 0 Å². The molecular formula is C19H29N3. The highest BCUT2D eigenvalue weighted by molar-refractivity contribution is 5.84. The quantitative estimate of drug-likeness (QED) is 0.519. The molecule has 0 atom stereocenters. The number of unbranched alkanes of at least 4 members (excludes halogenated alkanes) is 3. The number of allylic oxidation sites excluding steroid dienone is 1. The molecule has 3 heteroatoms. The second kappa shape index (κ2) is 10.8. The Hall–Kier alpha value is -1.90. The second-order valence-electron chi connectivity index (χ2n) is 5.53. The molecule has 0 aliphatic heterocycles. The van der Waals surface area contributed by atoms with Crippen LogP contribution in [0.4, 0.5) is 5.69 Å². The third-order valence-electron chi connectivity index (χ3n) is 3.73. The van der Waals surface area contributed by atoms with Gasteiger partial charge in [0.2, 0.25) is 0 Å². The summed E-state index contributed by atoms with van der Waals surface area (Å²) in [6.07, 6.45) is 12.2. The van der Waals surface area contributed by atoms with E-state index in [1.807, 2.05) is 6.21 Å². The smallest absolute Gasteiger partial charge is 0.0660 e. The van der Waals surface area contributed by atoms with Gasteiger partial charge in [-0.25, -0.2) is 0 Å². The first-order chi connectivity index (χ1) is 10.7. The Bertz CT molecular complexity index is 527. The van der Waals surface area contributed by atoms with Gasteiger partial charge in [-0.15, -0.1) is 0 Å². The first kappa shape index (κ1) is 18.1. The van der Waals surface area contributed by atoms with Crippen LogP contribution >= 0.6 is 0 Å². The number of aliphatic imine (C=N–C) groups is 2. The van der Waals surface area contributed by atoms with Crippen LogP contribution < -0.4 is 5.73 Å². The molecule has 0 heterocycles. The fourth-order valence-electron chi connectivity index (χ4n) is 2.44. The van der Waals surface area contributed by atoms with Gasteiger partial charge < -0.3 is 5.73 Å². The Kier molecular flexibility index (Phi) is 8.89. The summed E-state index contributed by atoms with van der Waals surface area (Å²) in [5.41, 5.74) is 10.3. The summed E-state index contributed by atoms with van der Waals surface area (Å²) in [6.45, 7) is 4.41. The van der Waals surface area contributed by atoms with Crippen molar-refractivity contribution in [3.8, 4) is 0 Å². The summed E-state index contributed by atoms with van der Waals surface area (Å²) >= 11 is 0. The highest BCUT2D eigenvalue weighted by Gasteiger charge is 2.04. The van der Waals surface area contributed by atoms with Crippen molar-refractivity contribution in [3.05, 3.63) is 41.1 Å². The molecule has 0 bridgehead atoms. The van der Waals surface area contributed by atoms with E-state index in [9.17, 15) is 0 Å². The van der Waals surface area contributed by atoms with Crippen molar-refractivity contribution in [2.75, 3.05) is 7.05 Å². The van der Waals surface area contributed by atoms with Crippen molar-refractivity contribution in [3.63, 3.8) is 0 Å². The van der Waals surface area contributed by atoms with E-state index in [1.165, 1.54) is 36.8 Å². The number of hydrogen-bond donors (Lipinski definition) is 1. The van der Waals surface area contributed by atoms with Crippen LogP contribution in [-0.2, 0) is 6.42 Å². The van der Waals surface area contributed by atoms with E-state index in [0.29, 0.717) is 6.42 Å². The fourth-order valence-corrected chi connectivity index (χ4v) is 2.44. The van der Waals surface area contributed by atoms with Crippen LogP contribution in [0.5, 0.6) is 0 Å². The second-order valence-corrected chi connectivity index (χ2v) is 5.53. The monoisotopic (exact) mass is 299 g/mol. The molecule has 1 aromatic carbocycles. The minimum absolute atomic E-state index is 0.705. The largest absolute Gasteiger partial charge is 0.404 e. The zero-order chi connectivity index (χ0) is 16.2. The standard InChI is InChI=1S/C19H29N3/c1-4-5-6-7-10-18-16(2)9-8-11-19(18)22-13-12-17(14-20)15-21-3/h8-9,11,13-15H,4-7,10,12,20H2,1-3H3. The van der Waals surface area contributed by atoms with Gasteiger partial charge in [0.25, 0.3) is 0 Å². The zero-order valence-corrected chi connectivity index (χ0v) is 14.2. The number of benzene rings is 1. The van der Waals surface area contributed by atoms with Gasteiger partial charge in [0, 0.05) is 25.9 Å². The van der Waals surface area contributed by atoms with Crippen molar-refractivity contribution >= 4 is 18.1 Å². The molecule has 22 heavy (non-hydrogen) atoms. The van der Waals surface area contributed by atoms with E-state index < -0.39 is 0 Å². The van der Waals surface area contributed by atoms with Crippen LogP contribution in [0.15, 0.2) is 40.0 Å². The predicted molar refractivity (Wildman–Crippen MR) is 98.5 cm³/mol. The Morgan fingerprint density at radius 2 is 2.05 bits per heavy atom. The third kappa shape index (κ3) is 6.25. The van der Waals surface area contributed by atoms with Crippen LogP contribution in [-0.4, -0.2) is 19.5 Å². The summed E-state index contributed by atoms with van der Waals surface area (Å²) < 4.78 is 0. The minimum atomic E-state index is 0.705.